The lowest BCUT2D eigenvalue weighted by Gasteiger charge is -2.31. The van der Waals surface area contributed by atoms with Gasteiger partial charge < -0.3 is 19.5 Å². The Kier molecular flexibility index (Phi) is 8.10. The number of esters is 2. The van der Waals surface area contributed by atoms with Crippen molar-refractivity contribution in [2.24, 2.45) is 0 Å². The van der Waals surface area contributed by atoms with Crippen LogP contribution in [0.3, 0.4) is 0 Å². The highest BCUT2D eigenvalue weighted by Gasteiger charge is 2.39. The first kappa shape index (κ1) is 24.6. The predicted octanol–water partition coefficient (Wildman–Crippen LogP) is 3.16. The van der Waals surface area contributed by atoms with E-state index in [9.17, 15) is 19.7 Å². The molecule has 1 atom stereocenters. The van der Waals surface area contributed by atoms with E-state index in [1.165, 1.54) is 25.3 Å². The molecule has 0 aliphatic carbocycles. The van der Waals surface area contributed by atoms with Gasteiger partial charge in [0.2, 0.25) is 0 Å². The number of carbonyl (C=O) groups is 2. The molecule has 10 heteroatoms. The zero-order chi connectivity index (χ0) is 24.7. The maximum absolute atomic E-state index is 13.1. The molecule has 3 rings (SSSR count). The lowest BCUT2D eigenvalue weighted by molar-refractivity contribution is -0.384. The molecule has 2 aromatic rings. The summed E-state index contributed by atoms with van der Waals surface area (Å²) in [5.41, 5.74) is 2.16. The van der Waals surface area contributed by atoms with Gasteiger partial charge in [-0.2, -0.15) is 0 Å². The molecule has 1 N–H and O–H groups in total. The molecule has 1 unspecified atom stereocenters. The van der Waals surface area contributed by atoms with Crippen LogP contribution >= 0.6 is 0 Å². The summed E-state index contributed by atoms with van der Waals surface area (Å²) in [6.45, 7) is 3.67. The van der Waals surface area contributed by atoms with Crippen molar-refractivity contribution in [2.75, 3.05) is 20.3 Å². The topological polar surface area (TPSA) is 130 Å². The van der Waals surface area contributed by atoms with Crippen LogP contribution in [-0.2, 0) is 30.4 Å². The summed E-state index contributed by atoms with van der Waals surface area (Å²) in [5.74, 6) is -2.29. The lowest BCUT2D eigenvalue weighted by Crippen LogP contribution is -2.34. The van der Waals surface area contributed by atoms with Crippen molar-refractivity contribution in [1.82, 2.24) is 10.3 Å². The standard InChI is InChI=1S/C24H25N3O7/c1-4-34-24(29)22-19(14-33-13-16-7-6-10-25-12-16)26-15(2)20(23(28)32-3)21(22)17-8-5-9-18(11-17)27(30)31/h5-12,21,26H,4,13-14H2,1-3H3. The van der Waals surface area contributed by atoms with Crippen LogP contribution in [0.4, 0.5) is 5.69 Å². The highest BCUT2D eigenvalue weighted by molar-refractivity contribution is 6.00. The van der Waals surface area contributed by atoms with Gasteiger partial charge in [-0.05, 0) is 31.0 Å². The molecule has 178 valence electrons. The fourth-order valence-electron chi connectivity index (χ4n) is 3.75. The third-order valence-corrected chi connectivity index (χ3v) is 5.20. The Hall–Kier alpha value is -4.05. The van der Waals surface area contributed by atoms with Gasteiger partial charge in [0.15, 0.2) is 0 Å². The molecule has 0 spiro atoms. The number of nitrogens with one attached hydrogen (secondary N) is 1. The van der Waals surface area contributed by atoms with Crippen LogP contribution < -0.4 is 5.32 Å². The SMILES string of the molecule is CCOC(=O)C1=C(COCc2cccnc2)NC(C)=C(C(=O)OC)C1c1cccc([N+](=O)[O-])c1. The Morgan fingerprint density at radius 3 is 2.59 bits per heavy atom. The number of carbonyl (C=O) groups excluding carboxylic acids is 2. The quantitative estimate of drug-likeness (QED) is 0.336. The van der Waals surface area contributed by atoms with Crippen LogP contribution in [0.1, 0.15) is 30.9 Å². The molecule has 0 radical (unpaired) electrons. The van der Waals surface area contributed by atoms with Crippen molar-refractivity contribution in [1.29, 1.82) is 0 Å². The Labute approximate surface area is 196 Å². The third kappa shape index (κ3) is 5.46. The molecule has 34 heavy (non-hydrogen) atoms. The number of pyridine rings is 1. The van der Waals surface area contributed by atoms with E-state index in [2.05, 4.69) is 10.3 Å². The van der Waals surface area contributed by atoms with Gasteiger partial charge in [0.05, 0.1) is 54.6 Å². The molecule has 0 saturated heterocycles. The van der Waals surface area contributed by atoms with Crippen molar-refractivity contribution in [3.05, 3.63) is 92.6 Å². The minimum Gasteiger partial charge on any atom is -0.466 e. The Balaban J connectivity index is 2.09. The first-order chi connectivity index (χ1) is 16.4. The molecular formula is C24H25N3O7. The van der Waals surface area contributed by atoms with E-state index < -0.39 is 22.8 Å². The van der Waals surface area contributed by atoms with E-state index in [0.717, 1.165) is 5.56 Å². The lowest BCUT2D eigenvalue weighted by atomic mass is 9.80. The number of hydrogen-bond acceptors (Lipinski definition) is 9. The van der Waals surface area contributed by atoms with Gasteiger partial charge in [-0.1, -0.05) is 18.2 Å². The molecule has 10 nitrogen and oxygen atoms in total. The molecule has 1 aliphatic heterocycles. The second-order valence-electron chi connectivity index (χ2n) is 7.41. The fourth-order valence-corrected chi connectivity index (χ4v) is 3.75. The monoisotopic (exact) mass is 467 g/mol. The highest BCUT2D eigenvalue weighted by atomic mass is 16.6. The average molecular weight is 467 g/mol. The van der Waals surface area contributed by atoms with Gasteiger partial charge in [-0.25, -0.2) is 9.59 Å². The van der Waals surface area contributed by atoms with E-state index in [-0.39, 0.29) is 36.7 Å². The number of ether oxygens (including phenoxy) is 3. The van der Waals surface area contributed by atoms with Crippen LogP contribution in [0.15, 0.2) is 71.3 Å². The van der Waals surface area contributed by atoms with Gasteiger partial charge in [0, 0.05) is 30.2 Å². The van der Waals surface area contributed by atoms with Gasteiger partial charge >= 0.3 is 11.9 Å². The number of benzene rings is 1. The summed E-state index contributed by atoms with van der Waals surface area (Å²) in [6, 6.07) is 9.43. The van der Waals surface area contributed by atoms with Crippen molar-refractivity contribution >= 4 is 17.6 Å². The molecular weight excluding hydrogens is 442 g/mol. The summed E-state index contributed by atoms with van der Waals surface area (Å²) < 4.78 is 16.1. The van der Waals surface area contributed by atoms with E-state index >= 15 is 0 Å². The molecule has 1 aromatic carbocycles. The number of dihydropyridines is 1. The molecule has 0 saturated carbocycles. The number of non-ortho nitro benzene ring substituents is 1. The summed E-state index contributed by atoms with van der Waals surface area (Å²) in [6.07, 6.45) is 3.32. The maximum atomic E-state index is 13.1. The van der Waals surface area contributed by atoms with Crippen molar-refractivity contribution in [3.8, 4) is 0 Å². The Morgan fingerprint density at radius 1 is 1.15 bits per heavy atom. The first-order valence-corrected chi connectivity index (χ1v) is 10.5. The van der Waals surface area contributed by atoms with Crippen LogP contribution in [0.2, 0.25) is 0 Å². The molecule has 1 aliphatic rings. The highest BCUT2D eigenvalue weighted by Crippen LogP contribution is 2.40. The smallest absolute Gasteiger partial charge is 0.336 e. The third-order valence-electron chi connectivity index (χ3n) is 5.20. The molecule has 0 amide bonds. The number of hydrogen-bond donors (Lipinski definition) is 1. The number of rotatable bonds is 9. The van der Waals surface area contributed by atoms with E-state index in [0.29, 0.717) is 17.0 Å². The van der Waals surface area contributed by atoms with Crippen molar-refractivity contribution in [2.45, 2.75) is 26.4 Å². The fraction of sp³-hybridized carbons (Fsp3) is 0.292. The maximum Gasteiger partial charge on any atom is 0.336 e. The normalized spacial score (nSPS) is 15.6. The number of allylic oxidation sites excluding steroid dienone is 1. The minimum atomic E-state index is -0.954. The number of nitrogens with zero attached hydrogens (tertiary/aromatic N) is 2. The Morgan fingerprint density at radius 2 is 1.94 bits per heavy atom. The Bertz CT molecular complexity index is 1140. The number of methoxy groups -OCH3 is 1. The van der Waals surface area contributed by atoms with Gasteiger partial charge in [-0.3, -0.25) is 15.1 Å². The van der Waals surface area contributed by atoms with Crippen LogP contribution in [0.25, 0.3) is 0 Å². The minimum absolute atomic E-state index is 0.000259. The summed E-state index contributed by atoms with van der Waals surface area (Å²) in [7, 11) is 1.23. The average Bonchev–Trinajstić information content (AvgIpc) is 2.84. The predicted molar refractivity (Wildman–Crippen MR) is 121 cm³/mol. The molecule has 1 aromatic heterocycles. The molecule has 0 fully saturated rings. The summed E-state index contributed by atoms with van der Waals surface area (Å²) in [4.78, 5) is 40.8. The van der Waals surface area contributed by atoms with Crippen LogP contribution in [0.5, 0.6) is 0 Å². The van der Waals surface area contributed by atoms with Gasteiger partial charge in [0.25, 0.3) is 5.69 Å². The summed E-state index contributed by atoms with van der Waals surface area (Å²) in [5, 5.41) is 14.5. The van der Waals surface area contributed by atoms with Crippen molar-refractivity contribution in [3.63, 3.8) is 0 Å². The number of nitro benzene ring substituents is 1. The van der Waals surface area contributed by atoms with Crippen molar-refractivity contribution < 1.29 is 28.7 Å². The zero-order valence-corrected chi connectivity index (χ0v) is 19.1. The van der Waals surface area contributed by atoms with E-state index in [1.54, 1.807) is 38.4 Å². The largest absolute Gasteiger partial charge is 0.466 e. The zero-order valence-electron chi connectivity index (χ0n) is 19.1. The van der Waals surface area contributed by atoms with E-state index in [4.69, 9.17) is 14.2 Å². The van der Waals surface area contributed by atoms with Crippen LogP contribution in [-0.4, -0.2) is 42.2 Å². The number of nitro groups is 1. The van der Waals surface area contributed by atoms with Gasteiger partial charge in [-0.15, -0.1) is 0 Å². The molecule has 0 bridgehead atoms. The number of aromatic nitrogens is 1. The molecule has 2 heterocycles. The summed E-state index contributed by atoms with van der Waals surface area (Å²) >= 11 is 0. The van der Waals surface area contributed by atoms with Gasteiger partial charge in [0.1, 0.15) is 0 Å². The first-order valence-electron chi connectivity index (χ1n) is 10.5. The van der Waals surface area contributed by atoms with E-state index in [1.807, 2.05) is 6.07 Å². The van der Waals surface area contributed by atoms with Crippen LogP contribution in [0, 0.1) is 10.1 Å². The second-order valence-corrected chi connectivity index (χ2v) is 7.41. The second kappa shape index (κ2) is 11.2.